The monoisotopic (exact) mass is 271 g/mol. The first-order valence-electron chi connectivity index (χ1n) is 5.15. The molecule has 0 heterocycles. The Kier molecular flexibility index (Phi) is 3.48. The zero-order valence-corrected chi connectivity index (χ0v) is 9.89. The number of alkyl halides is 3. The quantitative estimate of drug-likeness (QED) is 0.801. The first-order chi connectivity index (χ1) is 8.45. The van der Waals surface area contributed by atoms with Crippen LogP contribution >= 0.6 is 11.6 Å². The Labute approximate surface area is 107 Å². The molecule has 0 amide bonds. The molecule has 1 N–H and O–H groups in total. The molecule has 0 bridgehead atoms. The van der Waals surface area contributed by atoms with Crippen molar-refractivity contribution in [2.75, 3.05) is 5.32 Å². The second-order valence-electron chi connectivity index (χ2n) is 3.71. The summed E-state index contributed by atoms with van der Waals surface area (Å²) >= 11 is 5.79. The van der Waals surface area contributed by atoms with Gasteiger partial charge in [0.15, 0.2) is 0 Å². The van der Waals surface area contributed by atoms with Gasteiger partial charge in [-0.3, -0.25) is 0 Å². The van der Waals surface area contributed by atoms with Gasteiger partial charge in [-0.25, -0.2) is 0 Å². The number of hydrogen-bond acceptors (Lipinski definition) is 1. The number of rotatable bonds is 2. The average Bonchev–Trinajstić information content (AvgIpc) is 2.28. The molecule has 1 nitrogen and oxygen atoms in total. The standard InChI is InChI=1S/C13H9ClF3N/c14-10-4-2-6-12(8-10)18-11-5-1-3-9(7-11)13(15,16)17/h1-8,18H. The summed E-state index contributed by atoms with van der Waals surface area (Å²) in [5.74, 6) is 0. The molecule has 0 aliphatic carbocycles. The summed E-state index contributed by atoms with van der Waals surface area (Å²) < 4.78 is 37.6. The summed E-state index contributed by atoms with van der Waals surface area (Å²) in [5.41, 5.74) is 0.323. The summed E-state index contributed by atoms with van der Waals surface area (Å²) in [4.78, 5) is 0. The van der Waals surface area contributed by atoms with Gasteiger partial charge in [0.2, 0.25) is 0 Å². The third-order valence-corrected chi connectivity index (χ3v) is 2.54. The van der Waals surface area contributed by atoms with Crippen LogP contribution in [0, 0.1) is 0 Å². The van der Waals surface area contributed by atoms with Crippen molar-refractivity contribution in [1.82, 2.24) is 0 Å². The van der Waals surface area contributed by atoms with Crippen LogP contribution in [0.25, 0.3) is 0 Å². The van der Waals surface area contributed by atoms with Crippen LogP contribution in [0.5, 0.6) is 0 Å². The second kappa shape index (κ2) is 4.90. The summed E-state index contributed by atoms with van der Waals surface area (Å²) in [7, 11) is 0. The van der Waals surface area contributed by atoms with Crippen molar-refractivity contribution < 1.29 is 13.2 Å². The van der Waals surface area contributed by atoms with Crippen LogP contribution in [0.4, 0.5) is 24.5 Å². The molecule has 2 aromatic rings. The largest absolute Gasteiger partial charge is 0.416 e. The lowest BCUT2D eigenvalue weighted by molar-refractivity contribution is -0.137. The lowest BCUT2D eigenvalue weighted by Crippen LogP contribution is -2.05. The molecule has 0 saturated carbocycles. The molecule has 0 fully saturated rings. The topological polar surface area (TPSA) is 12.0 Å². The zero-order valence-electron chi connectivity index (χ0n) is 9.13. The van der Waals surface area contributed by atoms with Gasteiger partial charge in [0.05, 0.1) is 5.56 Å². The Morgan fingerprint density at radius 3 is 2.11 bits per heavy atom. The summed E-state index contributed by atoms with van der Waals surface area (Å²) in [6.07, 6.45) is -4.34. The van der Waals surface area contributed by atoms with E-state index in [0.717, 1.165) is 12.1 Å². The molecule has 0 unspecified atom stereocenters. The van der Waals surface area contributed by atoms with Crippen LogP contribution in [-0.2, 0) is 6.18 Å². The lowest BCUT2D eigenvalue weighted by Gasteiger charge is -2.10. The molecular weight excluding hydrogens is 263 g/mol. The van der Waals surface area contributed by atoms with E-state index in [4.69, 9.17) is 11.6 Å². The highest BCUT2D eigenvalue weighted by Gasteiger charge is 2.30. The first-order valence-corrected chi connectivity index (χ1v) is 5.53. The fraction of sp³-hybridized carbons (Fsp3) is 0.0769. The number of anilines is 2. The van der Waals surface area contributed by atoms with E-state index < -0.39 is 11.7 Å². The predicted octanol–water partition coefficient (Wildman–Crippen LogP) is 5.10. The van der Waals surface area contributed by atoms with Crippen molar-refractivity contribution in [2.24, 2.45) is 0 Å². The molecule has 5 heteroatoms. The molecule has 0 aliphatic rings. The predicted molar refractivity (Wildman–Crippen MR) is 66.2 cm³/mol. The van der Waals surface area contributed by atoms with E-state index in [0.29, 0.717) is 16.4 Å². The van der Waals surface area contributed by atoms with Gasteiger partial charge in [-0.15, -0.1) is 0 Å². The summed E-state index contributed by atoms with van der Waals surface area (Å²) in [5, 5.41) is 3.39. The minimum Gasteiger partial charge on any atom is -0.355 e. The minimum atomic E-state index is -4.34. The minimum absolute atomic E-state index is 0.368. The molecule has 2 aromatic carbocycles. The van der Waals surface area contributed by atoms with Crippen LogP contribution in [0.1, 0.15) is 5.56 Å². The van der Waals surface area contributed by atoms with Gasteiger partial charge in [-0.05, 0) is 36.4 Å². The fourth-order valence-corrected chi connectivity index (χ4v) is 1.70. The highest BCUT2D eigenvalue weighted by Crippen LogP contribution is 2.31. The Morgan fingerprint density at radius 1 is 0.889 bits per heavy atom. The summed E-state index contributed by atoms with van der Waals surface area (Å²) in [6.45, 7) is 0. The van der Waals surface area contributed by atoms with Crippen molar-refractivity contribution in [3.8, 4) is 0 Å². The maximum atomic E-state index is 12.5. The van der Waals surface area contributed by atoms with Gasteiger partial charge in [0, 0.05) is 16.4 Å². The molecular formula is C13H9ClF3N. The molecule has 18 heavy (non-hydrogen) atoms. The molecule has 0 aliphatic heterocycles. The zero-order chi connectivity index (χ0) is 13.2. The van der Waals surface area contributed by atoms with Crippen molar-refractivity contribution in [1.29, 1.82) is 0 Å². The molecule has 0 spiro atoms. The molecule has 2 rings (SSSR count). The summed E-state index contributed by atoms with van der Waals surface area (Å²) in [6, 6.07) is 11.8. The highest BCUT2D eigenvalue weighted by molar-refractivity contribution is 6.30. The molecule has 0 radical (unpaired) electrons. The molecule has 0 saturated heterocycles. The average molecular weight is 272 g/mol. The number of halogens is 4. The van der Waals surface area contributed by atoms with Crippen LogP contribution < -0.4 is 5.32 Å². The van der Waals surface area contributed by atoms with Gasteiger partial charge >= 0.3 is 6.18 Å². The molecule has 0 aromatic heterocycles. The van der Waals surface area contributed by atoms with E-state index >= 15 is 0 Å². The van der Waals surface area contributed by atoms with E-state index in [1.54, 1.807) is 30.3 Å². The Balaban J connectivity index is 2.25. The van der Waals surface area contributed by atoms with Crippen molar-refractivity contribution in [3.05, 3.63) is 59.1 Å². The van der Waals surface area contributed by atoms with Gasteiger partial charge in [0.1, 0.15) is 0 Å². The Bertz CT molecular complexity index is 552. The van der Waals surface area contributed by atoms with E-state index in [1.807, 2.05) is 0 Å². The third-order valence-electron chi connectivity index (χ3n) is 2.30. The number of hydrogen-bond donors (Lipinski definition) is 1. The SMILES string of the molecule is FC(F)(F)c1cccc(Nc2cccc(Cl)c2)c1. The normalized spacial score (nSPS) is 11.3. The van der Waals surface area contributed by atoms with E-state index in [-0.39, 0.29) is 0 Å². The maximum Gasteiger partial charge on any atom is 0.416 e. The van der Waals surface area contributed by atoms with Crippen molar-refractivity contribution >= 4 is 23.0 Å². The molecule has 94 valence electrons. The third kappa shape index (κ3) is 3.17. The fourth-order valence-electron chi connectivity index (χ4n) is 1.51. The van der Waals surface area contributed by atoms with E-state index in [2.05, 4.69) is 5.32 Å². The van der Waals surface area contributed by atoms with E-state index in [9.17, 15) is 13.2 Å². The smallest absolute Gasteiger partial charge is 0.355 e. The van der Waals surface area contributed by atoms with Crippen LogP contribution in [0.15, 0.2) is 48.5 Å². The van der Waals surface area contributed by atoms with E-state index in [1.165, 1.54) is 6.07 Å². The van der Waals surface area contributed by atoms with Crippen LogP contribution in [0.3, 0.4) is 0 Å². The first kappa shape index (κ1) is 12.8. The van der Waals surface area contributed by atoms with Gasteiger partial charge < -0.3 is 5.32 Å². The van der Waals surface area contributed by atoms with Crippen LogP contribution in [-0.4, -0.2) is 0 Å². The van der Waals surface area contributed by atoms with Crippen LogP contribution in [0.2, 0.25) is 5.02 Å². The van der Waals surface area contributed by atoms with Crippen molar-refractivity contribution in [2.45, 2.75) is 6.18 Å². The Hall–Kier alpha value is -1.68. The molecule has 0 atom stereocenters. The van der Waals surface area contributed by atoms with Crippen molar-refractivity contribution in [3.63, 3.8) is 0 Å². The highest BCUT2D eigenvalue weighted by atomic mass is 35.5. The second-order valence-corrected chi connectivity index (χ2v) is 4.15. The number of nitrogens with one attached hydrogen (secondary N) is 1. The van der Waals surface area contributed by atoms with Gasteiger partial charge in [-0.2, -0.15) is 13.2 Å². The lowest BCUT2D eigenvalue weighted by atomic mass is 10.2. The van der Waals surface area contributed by atoms with Gasteiger partial charge in [0.25, 0.3) is 0 Å². The Morgan fingerprint density at radius 2 is 1.50 bits per heavy atom. The van der Waals surface area contributed by atoms with Gasteiger partial charge in [-0.1, -0.05) is 23.7 Å². The maximum absolute atomic E-state index is 12.5. The number of benzene rings is 2.